The predicted molar refractivity (Wildman–Crippen MR) is 151 cm³/mol. The Hall–Kier alpha value is -1.87. The molecule has 0 aromatic rings. The van der Waals surface area contributed by atoms with E-state index in [0.717, 1.165) is 0 Å². The Morgan fingerprint density at radius 3 is 2.40 bits per heavy atom. The van der Waals surface area contributed by atoms with E-state index in [-0.39, 0.29) is 41.3 Å². The fourth-order valence-electron chi connectivity index (χ4n) is 9.70. The first kappa shape index (κ1) is 31.1. The van der Waals surface area contributed by atoms with Crippen LogP contribution < -0.4 is 5.32 Å². The first-order valence-corrected chi connectivity index (χ1v) is 14.9. The van der Waals surface area contributed by atoms with E-state index >= 15 is 0 Å². The summed E-state index contributed by atoms with van der Waals surface area (Å²) < 4.78 is 0. The van der Waals surface area contributed by atoms with Crippen LogP contribution in [0.1, 0.15) is 86.5 Å². The molecule has 8 nitrogen and oxygen atoms in total. The summed E-state index contributed by atoms with van der Waals surface area (Å²) in [4.78, 5) is 38.8. The number of aliphatic carboxylic acids is 1. The van der Waals surface area contributed by atoms with E-state index in [9.17, 15) is 34.8 Å². The molecule has 0 spiro atoms. The molecule has 0 heterocycles. The minimum atomic E-state index is -1.08. The number of hydrogen-bond donors (Lipinski definition) is 5. The van der Waals surface area contributed by atoms with Crippen LogP contribution in [0.4, 0.5) is 0 Å². The maximum absolute atomic E-state index is 14.3. The van der Waals surface area contributed by atoms with Gasteiger partial charge in [-0.25, -0.2) is 4.79 Å². The number of carbonyl (C=O) groups excluding carboxylic acids is 2. The SMILES string of the molecule is CNCCC1(C)C(=O)CCC2(C)C3=C(C(O)CC12)C1(C)C(O)CC(C(C)CC(O)C=C(C)C(=O)O)C1(C)CC3=O. The third-order valence-electron chi connectivity index (χ3n) is 12.2. The number of ketones is 2. The summed E-state index contributed by atoms with van der Waals surface area (Å²) in [6.07, 6.45) is 1.61. The molecule has 224 valence electrons. The summed E-state index contributed by atoms with van der Waals surface area (Å²) in [7, 11) is 1.86. The van der Waals surface area contributed by atoms with Crippen LogP contribution in [-0.2, 0) is 14.4 Å². The molecule has 10 atom stereocenters. The number of rotatable bonds is 8. The van der Waals surface area contributed by atoms with Crippen molar-refractivity contribution in [3.63, 3.8) is 0 Å². The molecule has 2 fully saturated rings. The lowest BCUT2D eigenvalue weighted by molar-refractivity contribution is -0.148. The van der Waals surface area contributed by atoms with E-state index in [1.165, 1.54) is 13.0 Å². The average Bonchev–Trinajstić information content (AvgIpc) is 3.07. The molecule has 0 aromatic heterocycles. The van der Waals surface area contributed by atoms with E-state index in [2.05, 4.69) is 12.2 Å². The molecule has 4 aliphatic rings. The minimum Gasteiger partial charge on any atom is -0.478 e. The molecule has 0 bridgehead atoms. The van der Waals surface area contributed by atoms with Gasteiger partial charge in [-0.15, -0.1) is 0 Å². The molecule has 2 saturated carbocycles. The minimum absolute atomic E-state index is 0.00000597. The van der Waals surface area contributed by atoms with Crippen molar-refractivity contribution in [1.29, 1.82) is 0 Å². The molecule has 0 radical (unpaired) electrons. The molecule has 0 saturated heterocycles. The van der Waals surface area contributed by atoms with Crippen molar-refractivity contribution < 1.29 is 34.8 Å². The van der Waals surface area contributed by atoms with Gasteiger partial charge in [0, 0.05) is 40.2 Å². The van der Waals surface area contributed by atoms with Crippen molar-refractivity contribution in [2.45, 2.75) is 105 Å². The van der Waals surface area contributed by atoms with Gasteiger partial charge >= 0.3 is 5.97 Å². The lowest BCUT2D eigenvalue weighted by Crippen LogP contribution is -2.61. The van der Waals surface area contributed by atoms with Crippen LogP contribution in [0.15, 0.2) is 22.8 Å². The summed E-state index contributed by atoms with van der Waals surface area (Å²) in [6, 6.07) is 0. The summed E-state index contributed by atoms with van der Waals surface area (Å²) >= 11 is 0. The summed E-state index contributed by atoms with van der Waals surface area (Å²) in [5.41, 5.74) is -1.33. The smallest absolute Gasteiger partial charge is 0.331 e. The van der Waals surface area contributed by atoms with E-state index in [1.807, 2.05) is 34.7 Å². The van der Waals surface area contributed by atoms with Crippen molar-refractivity contribution in [2.24, 2.45) is 39.4 Å². The van der Waals surface area contributed by atoms with Crippen LogP contribution in [-0.4, -0.2) is 69.9 Å². The molecule has 4 rings (SSSR count). The maximum atomic E-state index is 14.3. The summed E-state index contributed by atoms with van der Waals surface area (Å²) in [5.74, 6) is -1.28. The third-order valence-corrected chi connectivity index (χ3v) is 12.2. The largest absolute Gasteiger partial charge is 0.478 e. The molecule has 40 heavy (non-hydrogen) atoms. The van der Waals surface area contributed by atoms with E-state index in [1.54, 1.807) is 0 Å². The van der Waals surface area contributed by atoms with Gasteiger partial charge in [0.15, 0.2) is 5.78 Å². The Balaban J connectivity index is 1.77. The van der Waals surface area contributed by atoms with Gasteiger partial charge in [0.25, 0.3) is 0 Å². The molecule has 0 aromatic carbocycles. The molecule has 8 heteroatoms. The average molecular weight is 560 g/mol. The Kier molecular flexibility index (Phi) is 8.11. The quantitative estimate of drug-likeness (QED) is 0.285. The lowest BCUT2D eigenvalue weighted by Gasteiger charge is -2.61. The number of carbonyl (C=O) groups is 3. The molecular formula is C32H49NO7. The number of fused-ring (bicyclic) bond motifs is 4. The van der Waals surface area contributed by atoms with Crippen molar-refractivity contribution in [2.75, 3.05) is 13.6 Å². The first-order valence-electron chi connectivity index (χ1n) is 14.9. The fraction of sp³-hybridized carbons (Fsp3) is 0.781. The van der Waals surface area contributed by atoms with Gasteiger partial charge in [0.05, 0.1) is 18.3 Å². The summed E-state index contributed by atoms with van der Waals surface area (Å²) in [5, 5.41) is 46.6. The van der Waals surface area contributed by atoms with Gasteiger partial charge in [0.2, 0.25) is 0 Å². The maximum Gasteiger partial charge on any atom is 0.331 e. The summed E-state index contributed by atoms with van der Waals surface area (Å²) in [6.45, 7) is 12.2. The molecule has 10 unspecified atom stereocenters. The monoisotopic (exact) mass is 559 g/mol. The number of hydrogen-bond acceptors (Lipinski definition) is 7. The van der Waals surface area contributed by atoms with Crippen molar-refractivity contribution in [3.8, 4) is 0 Å². The molecular weight excluding hydrogens is 510 g/mol. The molecule has 4 aliphatic carbocycles. The van der Waals surface area contributed by atoms with E-state index in [4.69, 9.17) is 0 Å². The van der Waals surface area contributed by atoms with Gasteiger partial charge in [0.1, 0.15) is 5.78 Å². The molecule has 0 amide bonds. The highest BCUT2D eigenvalue weighted by atomic mass is 16.4. The second-order valence-corrected chi connectivity index (χ2v) is 14.2. The highest BCUT2D eigenvalue weighted by Crippen LogP contribution is 2.71. The topological polar surface area (TPSA) is 144 Å². The standard InChI is InChI=1S/C32H49NO7/c1-17(12-19(34)13-18(2)28(39)40)20-14-25(38)32(6)27-21(35)15-23-29(3,10-11-33-7)24(37)8-9-30(23,4)26(27)22(36)16-31(20,32)5/h13,17,19-21,23,25,33-35,38H,8-12,14-16H2,1-7H3,(H,39,40). The Bertz CT molecular complexity index is 1140. The van der Waals surface area contributed by atoms with Crippen LogP contribution in [0.5, 0.6) is 0 Å². The van der Waals surface area contributed by atoms with Crippen LogP contribution in [0.2, 0.25) is 0 Å². The van der Waals surface area contributed by atoms with Crippen molar-refractivity contribution in [3.05, 3.63) is 22.8 Å². The van der Waals surface area contributed by atoms with E-state index in [0.29, 0.717) is 56.2 Å². The second kappa shape index (κ2) is 10.4. The third kappa shape index (κ3) is 4.36. The zero-order valence-electron chi connectivity index (χ0n) is 25.2. The number of carboxylic acid groups (broad SMARTS) is 1. The Morgan fingerprint density at radius 2 is 1.80 bits per heavy atom. The van der Waals surface area contributed by atoms with Crippen molar-refractivity contribution in [1.82, 2.24) is 5.32 Å². The number of aliphatic hydroxyl groups is 3. The van der Waals surface area contributed by atoms with Gasteiger partial charge in [-0.05, 0) is 87.4 Å². The normalized spacial score (nSPS) is 43.2. The highest BCUT2D eigenvalue weighted by Gasteiger charge is 2.70. The second-order valence-electron chi connectivity index (χ2n) is 14.2. The number of Topliss-reactive ketones (excluding diaryl/α,β-unsaturated/α-hetero) is 2. The number of aliphatic hydroxyl groups excluding tert-OH is 3. The molecule has 0 aliphatic heterocycles. The molecule has 5 N–H and O–H groups in total. The van der Waals surface area contributed by atoms with Crippen LogP contribution >= 0.6 is 0 Å². The number of allylic oxidation sites excluding steroid dienone is 1. The Labute approximate surface area is 238 Å². The van der Waals surface area contributed by atoms with Crippen molar-refractivity contribution >= 4 is 17.5 Å². The lowest BCUT2D eigenvalue weighted by atomic mass is 9.42. The zero-order chi connectivity index (χ0) is 30.0. The van der Waals surface area contributed by atoms with Crippen LogP contribution in [0, 0.1) is 39.4 Å². The number of nitrogens with one attached hydrogen (secondary N) is 1. The van der Waals surface area contributed by atoms with Gasteiger partial charge in [-0.2, -0.15) is 0 Å². The number of carboxylic acids is 1. The van der Waals surface area contributed by atoms with Crippen LogP contribution in [0.3, 0.4) is 0 Å². The fourth-order valence-corrected chi connectivity index (χ4v) is 9.70. The Morgan fingerprint density at radius 1 is 1.15 bits per heavy atom. The van der Waals surface area contributed by atoms with Crippen LogP contribution in [0.25, 0.3) is 0 Å². The van der Waals surface area contributed by atoms with Gasteiger partial charge < -0.3 is 25.7 Å². The predicted octanol–water partition coefficient (Wildman–Crippen LogP) is 3.43. The zero-order valence-corrected chi connectivity index (χ0v) is 25.2. The highest BCUT2D eigenvalue weighted by molar-refractivity contribution is 6.01. The van der Waals surface area contributed by atoms with E-state index < -0.39 is 45.9 Å². The first-order chi connectivity index (χ1) is 18.5. The van der Waals surface area contributed by atoms with Gasteiger partial charge in [-0.1, -0.05) is 34.6 Å². The van der Waals surface area contributed by atoms with Gasteiger partial charge in [-0.3, -0.25) is 9.59 Å².